The maximum absolute atomic E-state index is 12.1. The van der Waals surface area contributed by atoms with Gasteiger partial charge in [0.1, 0.15) is 11.6 Å². The number of hydrogen-bond acceptors (Lipinski definition) is 3. The average molecular weight is 900 g/mol. The first-order valence-electron chi connectivity index (χ1n) is 30.3. The molecule has 8 aromatic carbocycles. The highest BCUT2D eigenvalue weighted by Gasteiger charge is 2.27. The fourth-order valence-corrected chi connectivity index (χ4v) is 8.91. The standard InChI is InChI=1S/C64H57N3O/c1-41-33-42(2)61(68)55(34-41)62-66-60-52(25-18-26-58(60)67(62)59-40-53(45-21-14-10-15-22-45)56(64(6,7)8)39-54(59)46-23-16-11-17-24-46)49-35-48(43-19-12-9-13-20-43)36-50(37-49)57-38-47(31-32-65-57)44-27-29-51(30-28-44)63(3,4)5/h9-40,68H,1-8H3/i3D3,4D3,5D3,27D,28D,29D,30D,31D,32D,38D. The third-order valence-corrected chi connectivity index (χ3v) is 12.2. The molecular weight excluding hydrogens is 827 g/mol. The number of pyridine rings is 1. The molecule has 0 aliphatic carbocycles. The highest BCUT2D eigenvalue weighted by molar-refractivity contribution is 5.99. The van der Waals surface area contributed by atoms with Crippen molar-refractivity contribution in [3.63, 3.8) is 0 Å². The third kappa shape index (κ3) is 8.43. The van der Waals surface area contributed by atoms with Crippen LogP contribution in [0.3, 0.4) is 0 Å². The van der Waals surface area contributed by atoms with Gasteiger partial charge in [-0.05, 0) is 146 Å². The number of rotatable bonds is 8. The van der Waals surface area contributed by atoms with E-state index < -0.39 is 85.1 Å². The summed E-state index contributed by atoms with van der Waals surface area (Å²) < 4.78 is 141. The van der Waals surface area contributed by atoms with Crippen molar-refractivity contribution in [2.24, 2.45) is 0 Å². The molecule has 4 nitrogen and oxygen atoms in total. The summed E-state index contributed by atoms with van der Waals surface area (Å²) in [5.41, 5.74) is 4.34. The van der Waals surface area contributed by atoms with Gasteiger partial charge < -0.3 is 5.11 Å². The number of benzene rings is 8. The molecule has 0 saturated heterocycles. The number of nitrogens with zero attached hydrogens (tertiary/aromatic N) is 3. The number of hydrogen-bond donors (Lipinski definition) is 1. The van der Waals surface area contributed by atoms with E-state index in [1.165, 1.54) is 0 Å². The Morgan fingerprint density at radius 1 is 0.529 bits per heavy atom. The molecule has 10 rings (SSSR count). The predicted molar refractivity (Wildman–Crippen MR) is 285 cm³/mol. The van der Waals surface area contributed by atoms with Crippen LogP contribution in [-0.4, -0.2) is 19.6 Å². The molecule has 4 heteroatoms. The molecule has 0 spiro atoms. The molecule has 68 heavy (non-hydrogen) atoms. The zero-order chi connectivity index (χ0) is 60.9. The van der Waals surface area contributed by atoms with E-state index in [2.05, 4.69) is 66.7 Å². The van der Waals surface area contributed by atoms with Crippen LogP contribution in [0.4, 0.5) is 0 Å². The summed E-state index contributed by atoms with van der Waals surface area (Å²) in [6.07, 6.45) is -0.745. The highest BCUT2D eigenvalue weighted by atomic mass is 16.3. The monoisotopic (exact) mass is 900 g/mol. The smallest absolute Gasteiger partial charge is 0.149 e. The molecule has 0 unspecified atom stereocenters. The maximum Gasteiger partial charge on any atom is 0.149 e. The molecule has 0 saturated carbocycles. The molecule has 0 bridgehead atoms. The van der Waals surface area contributed by atoms with Crippen LogP contribution >= 0.6 is 0 Å². The van der Waals surface area contributed by atoms with Crippen molar-refractivity contribution < 1.29 is 27.0 Å². The lowest BCUT2D eigenvalue weighted by atomic mass is 9.79. The van der Waals surface area contributed by atoms with Crippen LogP contribution in [0.5, 0.6) is 5.75 Å². The van der Waals surface area contributed by atoms with Crippen molar-refractivity contribution in [2.75, 3.05) is 0 Å². The zero-order valence-electron chi connectivity index (χ0n) is 54.2. The minimum atomic E-state index is -3.93. The van der Waals surface area contributed by atoms with E-state index >= 15 is 0 Å². The van der Waals surface area contributed by atoms with Gasteiger partial charge in [0.25, 0.3) is 0 Å². The summed E-state index contributed by atoms with van der Waals surface area (Å²) in [4.78, 5) is 9.95. The molecule has 10 aromatic rings. The second-order valence-electron chi connectivity index (χ2n) is 18.2. The third-order valence-electron chi connectivity index (χ3n) is 12.2. The number of aromatic nitrogens is 3. The Morgan fingerprint density at radius 2 is 1.16 bits per heavy atom. The van der Waals surface area contributed by atoms with Crippen LogP contribution in [0.2, 0.25) is 0 Å². The van der Waals surface area contributed by atoms with E-state index in [1.807, 2.05) is 117 Å². The van der Waals surface area contributed by atoms with E-state index in [0.29, 0.717) is 44.7 Å². The molecule has 0 aliphatic heterocycles. The summed E-state index contributed by atoms with van der Waals surface area (Å²) in [6.45, 7) is -1.45. The van der Waals surface area contributed by atoms with Crippen molar-refractivity contribution in [3.05, 3.63) is 216 Å². The van der Waals surface area contributed by atoms with Gasteiger partial charge >= 0.3 is 0 Å². The molecule has 2 aromatic heterocycles. The van der Waals surface area contributed by atoms with Gasteiger partial charge in [0.05, 0.1) is 37.6 Å². The summed E-state index contributed by atoms with van der Waals surface area (Å²) in [5, 5.41) is 12.1. The van der Waals surface area contributed by atoms with Gasteiger partial charge in [-0.25, -0.2) is 4.98 Å². The van der Waals surface area contributed by atoms with E-state index in [0.717, 1.165) is 44.6 Å². The molecule has 0 fully saturated rings. The summed E-state index contributed by atoms with van der Waals surface area (Å²) in [7, 11) is 0. The van der Waals surface area contributed by atoms with Crippen LogP contribution in [0, 0.1) is 13.8 Å². The summed E-state index contributed by atoms with van der Waals surface area (Å²) in [5.74, 6) is 0.477. The van der Waals surface area contributed by atoms with Gasteiger partial charge in [0, 0.05) is 35.2 Å². The van der Waals surface area contributed by atoms with Crippen molar-refractivity contribution >= 4 is 11.0 Å². The number of phenolic OH excluding ortho intramolecular Hbond substituents is 1. The molecule has 0 aliphatic rings. The highest BCUT2D eigenvalue weighted by Crippen LogP contribution is 2.45. The molecular formula is C64H57N3O. The van der Waals surface area contributed by atoms with Gasteiger partial charge in [-0.15, -0.1) is 0 Å². The Balaban J connectivity index is 1.28. The van der Waals surface area contributed by atoms with Crippen molar-refractivity contribution in [1.29, 1.82) is 0 Å². The number of para-hydroxylation sites is 1. The SMILES string of the molecule is [2H]c1nc(-c2cc(-c3ccccc3)cc(-c3cccc4c3nc(-c3cc(C)cc(C)c3O)n4-c3cc(-c4ccccc4)c(C(C)(C)C)cc3-c3ccccc3)c2)c([2H])c(-c2c([2H])c([2H])c(C(C([2H])([2H])[2H])(C([2H])([2H])[2H])C([2H])([2H])[2H])c([2H])c2[2H])c1[2H]. The van der Waals surface area contributed by atoms with Gasteiger partial charge in [0.15, 0.2) is 0 Å². The Hall–Kier alpha value is -7.82. The maximum atomic E-state index is 12.1. The van der Waals surface area contributed by atoms with Crippen LogP contribution in [0.15, 0.2) is 194 Å². The van der Waals surface area contributed by atoms with Gasteiger partial charge in [-0.3, -0.25) is 9.55 Å². The van der Waals surface area contributed by atoms with Crippen molar-refractivity contribution in [1.82, 2.24) is 14.5 Å². The number of aromatic hydroxyl groups is 1. The Morgan fingerprint density at radius 3 is 1.82 bits per heavy atom. The largest absolute Gasteiger partial charge is 0.507 e. The lowest BCUT2D eigenvalue weighted by Gasteiger charge is -2.27. The number of imidazole rings is 1. The molecule has 0 radical (unpaired) electrons. The molecule has 334 valence electrons. The Kier molecular flexibility index (Phi) is 7.45. The second kappa shape index (κ2) is 17.4. The van der Waals surface area contributed by atoms with Crippen LogP contribution in [0.25, 0.3) is 95.0 Å². The van der Waals surface area contributed by atoms with Crippen molar-refractivity contribution in [3.8, 4) is 89.7 Å². The molecule has 0 amide bonds. The van der Waals surface area contributed by atoms with Crippen LogP contribution < -0.4 is 0 Å². The first-order chi connectivity index (χ1) is 39.4. The van der Waals surface area contributed by atoms with Gasteiger partial charge in [-0.2, -0.15) is 0 Å². The second-order valence-corrected chi connectivity index (χ2v) is 18.2. The van der Waals surface area contributed by atoms with E-state index in [1.54, 1.807) is 12.1 Å². The normalized spacial score (nSPS) is 15.8. The minimum absolute atomic E-state index is 0.0411. The first kappa shape index (κ1) is 29.0. The summed E-state index contributed by atoms with van der Waals surface area (Å²) >= 11 is 0. The minimum Gasteiger partial charge on any atom is -0.507 e. The zero-order valence-corrected chi connectivity index (χ0v) is 38.2. The quantitative estimate of drug-likeness (QED) is 0.165. The van der Waals surface area contributed by atoms with Crippen LogP contribution in [-0.2, 0) is 10.8 Å². The molecule has 1 N–H and O–H groups in total. The number of phenols is 1. The van der Waals surface area contributed by atoms with Crippen molar-refractivity contribution in [2.45, 2.75) is 66.0 Å². The topological polar surface area (TPSA) is 50.9 Å². The van der Waals surface area contributed by atoms with E-state index in [9.17, 15) is 9.22 Å². The number of fused-ring (bicyclic) bond motifs is 1. The lowest BCUT2D eigenvalue weighted by Crippen LogP contribution is -2.14. The Labute approximate surface area is 423 Å². The van der Waals surface area contributed by atoms with Crippen LogP contribution in [0.1, 0.15) is 85.5 Å². The van der Waals surface area contributed by atoms with Gasteiger partial charge in [-0.1, -0.05) is 175 Å². The molecule has 0 atom stereocenters. The van der Waals surface area contributed by atoms with Gasteiger partial charge in [0.2, 0.25) is 0 Å². The lowest BCUT2D eigenvalue weighted by molar-refractivity contribution is 0.472. The van der Waals surface area contributed by atoms with E-state index in [-0.39, 0.29) is 22.4 Å². The summed E-state index contributed by atoms with van der Waals surface area (Å²) in [6, 6.07) is 42.6. The van der Waals surface area contributed by atoms with E-state index in [4.69, 9.17) is 22.8 Å². The first-order valence-corrected chi connectivity index (χ1v) is 22.3. The predicted octanol–water partition coefficient (Wildman–Crippen LogP) is 17.0. The fourth-order valence-electron chi connectivity index (χ4n) is 8.91. The fraction of sp³-hybridized carbons (Fsp3) is 0.156. The molecule has 2 heterocycles. The number of aryl methyl sites for hydroxylation is 2. The average Bonchev–Trinajstić information content (AvgIpc) is 1.03. The Bertz CT molecular complexity index is 4180.